The summed E-state index contributed by atoms with van der Waals surface area (Å²) in [6.07, 6.45) is -3.79. The van der Waals surface area contributed by atoms with Crippen molar-refractivity contribution in [2.45, 2.75) is 18.0 Å². The number of anilines is 1. The summed E-state index contributed by atoms with van der Waals surface area (Å²) in [5, 5.41) is 2.43. The van der Waals surface area contributed by atoms with Crippen LogP contribution in [-0.2, 0) is 16.2 Å². The topological polar surface area (TPSA) is 88.2 Å². The second kappa shape index (κ2) is 6.81. The van der Waals surface area contributed by atoms with E-state index >= 15 is 0 Å². The summed E-state index contributed by atoms with van der Waals surface area (Å²) < 4.78 is 63.4. The molecule has 0 fully saturated rings. The number of aromatic nitrogens is 1. The molecule has 134 valence electrons. The van der Waals surface area contributed by atoms with Gasteiger partial charge in [-0.05, 0) is 43.8 Å². The number of nitrogens with zero attached hydrogens (tertiary/aromatic N) is 1. The van der Waals surface area contributed by atoms with Crippen LogP contribution in [0.3, 0.4) is 0 Å². The average molecular weight is 373 g/mol. The first-order chi connectivity index (χ1) is 11.5. The van der Waals surface area contributed by atoms with Gasteiger partial charge >= 0.3 is 6.18 Å². The van der Waals surface area contributed by atoms with Crippen LogP contribution in [0.5, 0.6) is 0 Å². The molecule has 1 amide bonds. The Bertz CT molecular complexity index is 894. The molecule has 0 aliphatic heterocycles. The Balaban J connectivity index is 2.25. The van der Waals surface area contributed by atoms with Gasteiger partial charge in [0.05, 0.1) is 10.5 Å². The molecule has 0 radical (unpaired) electrons. The smallest absolute Gasteiger partial charge is 0.322 e. The van der Waals surface area contributed by atoms with E-state index in [4.69, 9.17) is 0 Å². The lowest BCUT2D eigenvalue weighted by atomic mass is 10.2. The molecule has 25 heavy (non-hydrogen) atoms. The van der Waals surface area contributed by atoms with Gasteiger partial charge in [-0.3, -0.25) is 9.78 Å². The molecule has 0 aliphatic carbocycles. The molecule has 0 saturated heterocycles. The number of halogens is 3. The Morgan fingerprint density at radius 2 is 1.84 bits per heavy atom. The van der Waals surface area contributed by atoms with Crippen molar-refractivity contribution in [2.24, 2.45) is 0 Å². The average Bonchev–Trinajstić information content (AvgIpc) is 2.55. The van der Waals surface area contributed by atoms with E-state index in [1.54, 1.807) is 6.92 Å². The van der Waals surface area contributed by atoms with Crippen molar-refractivity contribution in [3.63, 3.8) is 0 Å². The molecule has 0 unspecified atom stereocenters. The summed E-state index contributed by atoms with van der Waals surface area (Å²) in [6, 6.07) is 5.94. The van der Waals surface area contributed by atoms with E-state index in [1.165, 1.54) is 25.2 Å². The minimum absolute atomic E-state index is 0.0154. The molecule has 0 spiro atoms. The molecule has 0 atom stereocenters. The highest BCUT2D eigenvalue weighted by Gasteiger charge is 2.32. The van der Waals surface area contributed by atoms with E-state index < -0.39 is 27.8 Å². The number of carbonyl (C=O) groups is 1. The van der Waals surface area contributed by atoms with E-state index in [0.29, 0.717) is 11.6 Å². The van der Waals surface area contributed by atoms with Gasteiger partial charge in [-0.15, -0.1) is 0 Å². The van der Waals surface area contributed by atoms with Crippen LogP contribution in [-0.4, -0.2) is 26.4 Å². The van der Waals surface area contributed by atoms with Crippen molar-refractivity contribution in [3.05, 3.63) is 53.3 Å². The summed E-state index contributed by atoms with van der Waals surface area (Å²) in [5.41, 5.74) is -0.541. The molecule has 0 aliphatic rings. The molecule has 1 aromatic heterocycles. The van der Waals surface area contributed by atoms with Crippen LogP contribution >= 0.6 is 0 Å². The third-order valence-electron chi connectivity index (χ3n) is 3.32. The van der Waals surface area contributed by atoms with Crippen LogP contribution in [0.25, 0.3) is 0 Å². The van der Waals surface area contributed by atoms with Crippen LogP contribution in [0.15, 0.2) is 41.4 Å². The van der Waals surface area contributed by atoms with Crippen LogP contribution < -0.4 is 10.0 Å². The van der Waals surface area contributed by atoms with Gasteiger partial charge in [0.1, 0.15) is 5.69 Å². The summed E-state index contributed by atoms with van der Waals surface area (Å²) in [5.74, 6) is -0.710. The predicted octanol–water partition coefficient (Wildman–Crippen LogP) is 2.57. The van der Waals surface area contributed by atoms with E-state index in [2.05, 4.69) is 15.0 Å². The number of carbonyl (C=O) groups excluding carboxylic acids is 1. The molecular formula is C15H14F3N3O3S. The Labute approximate surface area is 142 Å². The van der Waals surface area contributed by atoms with Gasteiger partial charge < -0.3 is 5.32 Å². The number of hydrogen-bond acceptors (Lipinski definition) is 4. The maximum absolute atomic E-state index is 12.5. The van der Waals surface area contributed by atoms with Crippen LogP contribution in [0.1, 0.15) is 21.6 Å². The van der Waals surface area contributed by atoms with Crippen molar-refractivity contribution in [2.75, 3.05) is 12.4 Å². The number of benzene rings is 1. The number of alkyl halides is 3. The number of pyridine rings is 1. The second-order valence-electron chi connectivity index (χ2n) is 5.07. The highest BCUT2D eigenvalue weighted by Crippen LogP contribution is 2.27. The Morgan fingerprint density at radius 3 is 2.36 bits per heavy atom. The third-order valence-corrected chi connectivity index (χ3v) is 4.88. The first kappa shape index (κ1) is 18.9. The lowest BCUT2D eigenvalue weighted by Crippen LogP contribution is -2.20. The quantitative estimate of drug-likeness (QED) is 0.862. The van der Waals surface area contributed by atoms with Crippen molar-refractivity contribution in [1.82, 2.24) is 9.71 Å². The van der Waals surface area contributed by atoms with Gasteiger partial charge in [-0.25, -0.2) is 13.1 Å². The maximum atomic E-state index is 12.5. The van der Waals surface area contributed by atoms with Gasteiger partial charge in [-0.1, -0.05) is 6.07 Å². The second-order valence-corrected chi connectivity index (χ2v) is 6.93. The highest BCUT2D eigenvalue weighted by molar-refractivity contribution is 7.89. The van der Waals surface area contributed by atoms with Crippen LogP contribution in [0.4, 0.5) is 18.9 Å². The standard InChI is InChI=1S/C15H14F3N3O3S/c1-9-3-5-11(7-12(9)25(23,24)19-2)21-14(22)10-4-6-13(20-8-10)15(16,17)18/h3-8,19H,1-2H3,(H,21,22). The zero-order valence-electron chi connectivity index (χ0n) is 13.2. The molecule has 1 aromatic carbocycles. The Morgan fingerprint density at radius 1 is 1.16 bits per heavy atom. The summed E-state index contributed by atoms with van der Waals surface area (Å²) in [4.78, 5) is 15.3. The molecule has 6 nitrogen and oxygen atoms in total. The van der Waals surface area contributed by atoms with E-state index in [-0.39, 0.29) is 16.1 Å². The molecule has 2 aromatic rings. The van der Waals surface area contributed by atoms with Gasteiger partial charge in [-0.2, -0.15) is 13.2 Å². The van der Waals surface area contributed by atoms with Crippen LogP contribution in [0.2, 0.25) is 0 Å². The molecule has 2 rings (SSSR count). The van der Waals surface area contributed by atoms with Gasteiger partial charge in [0.25, 0.3) is 5.91 Å². The molecule has 0 saturated carbocycles. The number of sulfonamides is 1. The zero-order chi connectivity index (χ0) is 18.8. The summed E-state index contributed by atoms with van der Waals surface area (Å²) in [6.45, 7) is 1.59. The summed E-state index contributed by atoms with van der Waals surface area (Å²) >= 11 is 0. The number of hydrogen-bond donors (Lipinski definition) is 2. The highest BCUT2D eigenvalue weighted by atomic mass is 32.2. The minimum atomic E-state index is -4.59. The fourth-order valence-corrected chi connectivity index (χ4v) is 2.97. The summed E-state index contributed by atoms with van der Waals surface area (Å²) in [7, 11) is -2.45. The largest absolute Gasteiger partial charge is 0.433 e. The zero-order valence-corrected chi connectivity index (χ0v) is 14.0. The normalized spacial score (nSPS) is 12.0. The van der Waals surface area contributed by atoms with Gasteiger partial charge in [0.2, 0.25) is 10.0 Å². The van der Waals surface area contributed by atoms with Crippen molar-refractivity contribution in [3.8, 4) is 0 Å². The van der Waals surface area contributed by atoms with Crippen molar-refractivity contribution < 1.29 is 26.4 Å². The van der Waals surface area contributed by atoms with E-state index in [9.17, 15) is 26.4 Å². The Hall–Kier alpha value is -2.46. The predicted molar refractivity (Wildman–Crippen MR) is 84.6 cm³/mol. The number of amides is 1. The fraction of sp³-hybridized carbons (Fsp3) is 0.200. The van der Waals surface area contributed by atoms with E-state index in [1.807, 2.05) is 0 Å². The lowest BCUT2D eigenvalue weighted by molar-refractivity contribution is -0.141. The molecule has 0 bridgehead atoms. The number of rotatable bonds is 4. The lowest BCUT2D eigenvalue weighted by Gasteiger charge is -2.11. The maximum Gasteiger partial charge on any atom is 0.433 e. The van der Waals surface area contributed by atoms with Crippen molar-refractivity contribution >= 4 is 21.6 Å². The van der Waals surface area contributed by atoms with Crippen LogP contribution in [0, 0.1) is 6.92 Å². The fourth-order valence-electron chi connectivity index (χ4n) is 1.98. The van der Waals surface area contributed by atoms with Crippen molar-refractivity contribution in [1.29, 1.82) is 0 Å². The Kier molecular flexibility index (Phi) is 5.14. The van der Waals surface area contributed by atoms with Gasteiger partial charge in [0.15, 0.2) is 0 Å². The van der Waals surface area contributed by atoms with E-state index in [0.717, 1.165) is 12.3 Å². The molecule has 1 heterocycles. The third kappa shape index (κ3) is 4.34. The number of aryl methyl sites for hydroxylation is 1. The molecular weight excluding hydrogens is 359 g/mol. The molecule has 2 N–H and O–H groups in total. The minimum Gasteiger partial charge on any atom is -0.322 e. The first-order valence-electron chi connectivity index (χ1n) is 6.93. The number of nitrogens with one attached hydrogen (secondary N) is 2. The van der Waals surface area contributed by atoms with Gasteiger partial charge in [0, 0.05) is 11.9 Å². The SMILES string of the molecule is CNS(=O)(=O)c1cc(NC(=O)c2ccc(C(F)(F)F)nc2)ccc1C. The first-order valence-corrected chi connectivity index (χ1v) is 8.42. The monoisotopic (exact) mass is 373 g/mol. The molecule has 10 heteroatoms.